The van der Waals surface area contributed by atoms with Crippen molar-refractivity contribution in [2.75, 3.05) is 0 Å². The molecule has 0 aliphatic carbocycles. The van der Waals surface area contributed by atoms with Crippen LogP contribution in [0.3, 0.4) is 0 Å². The molecule has 0 unspecified atom stereocenters. The molecule has 3 aromatic rings. The van der Waals surface area contributed by atoms with E-state index >= 15 is 0 Å². The summed E-state index contributed by atoms with van der Waals surface area (Å²) in [6.45, 7) is 2.42. The molecule has 4 rings (SSSR count). The topological polar surface area (TPSA) is 89.8 Å². The minimum absolute atomic E-state index is 0.0165. The van der Waals surface area contributed by atoms with Gasteiger partial charge in [-0.1, -0.05) is 54.1 Å². The summed E-state index contributed by atoms with van der Waals surface area (Å²) in [5.41, 5.74) is 3.48. The number of hydrogen-bond donors (Lipinski definition) is 0. The largest absolute Gasteiger partial charge is 0.489 e. The van der Waals surface area contributed by atoms with Crippen LogP contribution in [-0.2, 0) is 17.9 Å². The molecule has 1 heterocycles. The number of nitro groups is 1. The van der Waals surface area contributed by atoms with E-state index in [4.69, 9.17) is 4.74 Å². The summed E-state index contributed by atoms with van der Waals surface area (Å²) in [5.74, 6) is 0.280. The standard InChI is InChI=1S/C25H20N2O5S/c1-17-5-7-19(8-6-17)15-26-24(28)23(33-25(26)29)14-18-9-11-22(12-10-18)32-16-20-3-2-4-21(13-20)27(30)31/h2-14H,15-16H2,1H3/b23-14-. The number of nitrogens with zero attached hydrogens (tertiary/aromatic N) is 2. The van der Waals surface area contributed by atoms with Crippen molar-refractivity contribution >= 4 is 34.7 Å². The van der Waals surface area contributed by atoms with Crippen LogP contribution in [0.15, 0.2) is 77.7 Å². The molecule has 8 heteroatoms. The second-order valence-corrected chi connectivity index (χ2v) is 8.53. The molecular weight excluding hydrogens is 440 g/mol. The summed E-state index contributed by atoms with van der Waals surface area (Å²) in [5, 5.41) is 10.6. The predicted octanol–water partition coefficient (Wildman–Crippen LogP) is 5.72. The number of non-ortho nitro benzene ring substituents is 1. The molecule has 7 nitrogen and oxygen atoms in total. The summed E-state index contributed by atoms with van der Waals surface area (Å²) in [6, 6.07) is 21.1. The molecule has 1 fully saturated rings. The van der Waals surface area contributed by atoms with Crippen molar-refractivity contribution in [3.63, 3.8) is 0 Å². The van der Waals surface area contributed by atoms with Crippen molar-refractivity contribution in [1.29, 1.82) is 0 Å². The lowest BCUT2D eigenvalue weighted by atomic mass is 10.1. The van der Waals surface area contributed by atoms with Gasteiger partial charge in [0.25, 0.3) is 16.8 Å². The maximum atomic E-state index is 12.7. The molecule has 0 saturated carbocycles. The molecule has 2 amide bonds. The molecule has 0 aromatic heterocycles. The van der Waals surface area contributed by atoms with E-state index in [1.54, 1.807) is 42.5 Å². The molecule has 0 atom stereocenters. The Balaban J connectivity index is 1.39. The maximum Gasteiger partial charge on any atom is 0.293 e. The first-order valence-electron chi connectivity index (χ1n) is 10.2. The van der Waals surface area contributed by atoms with E-state index in [9.17, 15) is 19.7 Å². The summed E-state index contributed by atoms with van der Waals surface area (Å²) >= 11 is 0.927. The Morgan fingerprint density at radius 2 is 1.73 bits per heavy atom. The van der Waals surface area contributed by atoms with E-state index in [-0.39, 0.29) is 30.0 Å². The molecule has 0 N–H and O–H groups in total. The monoisotopic (exact) mass is 460 g/mol. The zero-order valence-corrected chi connectivity index (χ0v) is 18.6. The van der Waals surface area contributed by atoms with Crippen LogP contribution in [0.1, 0.15) is 22.3 Å². The van der Waals surface area contributed by atoms with Crippen LogP contribution in [0.25, 0.3) is 6.08 Å². The predicted molar refractivity (Wildman–Crippen MR) is 127 cm³/mol. The number of aryl methyl sites for hydroxylation is 1. The summed E-state index contributed by atoms with van der Waals surface area (Å²) in [7, 11) is 0. The highest BCUT2D eigenvalue weighted by Crippen LogP contribution is 2.33. The van der Waals surface area contributed by atoms with Crippen molar-refractivity contribution in [3.05, 3.63) is 110 Å². The van der Waals surface area contributed by atoms with Gasteiger partial charge in [-0.25, -0.2) is 0 Å². The highest BCUT2D eigenvalue weighted by Gasteiger charge is 2.34. The normalized spacial score (nSPS) is 14.7. The highest BCUT2D eigenvalue weighted by atomic mass is 32.2. The average molecular weight is 461 g/mol. The quantitative estimate of drug-likeness (QED) is 0.255. The summed E-state index contributed by atoms with van der Waals surface area (Å²) in [6.07, 6.45) is 1.68. The molecule has 3 aromatic carbocycles. The van der Waals surface area contributed by atoms with Gasteiger partial charge in [0.05, 0.1) is 16.4 Å². The van der Waals surface area contributed by atoms with Crippen LogP contribution in [0.4, 0.5) is 10.5 Å². The van der Waals surface area contributed by atoms with Crippen molar-refractivity contribution in [3.8, 4) is 5.75 Å². The first kappa shape index (κ1) is 22.3. The number of thioether (sulfide) groups is 1. The smallest absolute Gasteiger partial charge is 0.293 e. The number of rotatable bonds is 7. The van der Waals surface area contributed by atoms with Crippen molar-refractivity contribution in [2.24, 2.45) is 0 Å². The average Bonchev–Trinajstić information content (AvgIpc) is 3.07. The number of carbonyl (C=O) groups excluding carboxylic acids is 2. The number of hydrogen-bond acceptors (Lipinski definition) is 6. The van der Waals surface area contributed by atoms with Crippen molar-refractivity contribution in [1.82, 2.24) is 4.90 Å². The number of ether oxygens (including phenoxy) is 1. The number of carbonyl (C=O) groups is 2. The van der Waals surface area contributed by atoms with E-state index in [0.717, 1.165) is 28.5 Å². The van der Waals surface area contributed by atoms with Gasteiger partial charge in [-0.15, -0.1) is 0 Å². The molecule has 1 saturated heterocycles. The van der Waals surface area contributed by atoms with Gasteiger partial charge in [0.1, 0.15) is 12.4 Å². The summed E-state index contributed by atoms with van der Waals surface area (Å²) in [4.78, 5) is 37.2. The van der Waals surface area contributed by atoms with Crippen LogP contribution in [0.5, 0.6) is 5.75 Å². The first-order valence-corrected chi connectivity index (χ1v) is 11.0. The van der Waals surface area contributed by atoms with E-state index in [0.29, 0.717) is 16.2 Å². The van der Waals surface area contributed by atoms with Crippen LogP contribution >= 0.6 is 11.8 Å². The van der Waals surface area contributed by atoms with Crippen molar-refractivity contribution in [2.45, 2.75) is 20.1 Å². The minimum atomic E-state index is -0.444. The lowest BCUT2D eigenvalue weighted by Crippen LogP contribution is -2.27. The van der Waals surface area contributed by atoms with Crippen LogP contribution in [0, 0.1) is 17.0 Å². The molecule has 166 valence electrons. The van der Waals surface area contributed by atoms with Gasteiger partial charge in [0.15, 0.2) is 0 Å². The van der Waals surface area contributed by atoms with E-state index in [2.05, 4.69) is 0 Å². The Kier molecular flexibility index (Phi) is 6.55. The molecule has 0 bridgehead atoms. The third-order valence-corrected chi connectivity index (χ3v) is 5.95. The Morgan fingerprint density at radius 1 is 1.00 bits per heavy atom. The van der Waals surface area contributed by atoms with Gasteiger partial charge < -0.3 is 4.74 Å². The van der Waals surface area contributed by atoms with Crippen molar-refractivity contribution < 1.29 is 19.2 Å². The van der Waals surface area contributed by atoms with Crippen LogP contribution in [-0.4, -0.2) is 21.0 Å². The van der Waals surface area contributed by atoms with Gasteiger partial charge in [-0.2, -0.15) is 0 Å². The fourth-order valence-electron chi connectivity index (χ4n) is 3.25. The number of benzene rings is 3. The molecular formula is C25H20N2O5S. The second kappa shape index (κ2) is 9.70. The van der Waals surface area contributed by atoms with Crippen LogP contribution < -0.4 is 4.74 Å². The fraction of sp³-hybridized carbons (Fsp3) is 0.120. The van der Waals surface area contributed by atoms with Gasteiger partial charge >= 0.3 is 0 Å². The molecule has 33 heavy (non-hydrogen) atoms. The third-order valence-electron chi connectivity index (χ3n) is 5.04. The fourth-order valence-corrected chi connectivity index (χ4v) is 4.09. The Labute approximate surface area is 194 Å². The Morgan fingerprint density at radius 3 is 2.42 bits per heavy atom. The highest BCUT2D eigenvalue weighted by molar-refractivity contribution is 8.18. The van der Waals surface area contributed by atoms with Gasteiger partial charge in [-0.05, 0) is 53.6 Å². The molecule has 1 aliphatic heterocycles. The first-order chi connectivity index (χ1) is 15.9. The lowest BCUT2D eigenvalue weighted by molar-refractivity contribution is -0.384. The third kappa shape index (κ3) is 5.48. The number of imide groups is 1. The lowest BCUT2D eigenvalue weighted by Gasteiger charge is -2.12. The maximum absolute atomic E-state index is 12.7. The summed E-state index contributed by atoms with van der Waals surface area (Å²) < 4.78 is 5.70. The van der Waals surface area contributed by atoms with E-state index in [1.165, 1.54) is 17.0 Å². The van der Waals surface area contributed by atoms with Gasteiger partial charge in [-0.3, -0.25) is 24.6 Å². The minimum Gasteiger partial charge on any atom is -0.489 e. The molecule has 1 aliphatic rings. The van der Waals surface area contributed by atoms with Crippen LogP contribution in [0.2, 0.25) is 0 Å². The molecule has 0 spiro atoms. The molecule has 0 radical (unpaired) electrons. The van der Waals surface area contributed by atoms with E-state index in [1.807, 2.05) is 31.2 Å². The Bertz CT molecular complexity index is 1240. The SMILES string of the molecule is Cc1ccc(CN2C(=O)S/C(=C\c3ccc(OCc4cccc([N+](=O)[O-])c4)cc3)C2=O)cc1. The zero-order valence-electron chi connectivity index (χ0n) is 17.8. The van der Waals surface area contributed by atoms with Gasteiger partial charge in [0.2, 0.25) is 0 Å². The number of nitro benzene ring substituents is 1. The van der Waals surface area contributed by atoms with E-state index < -0.39 is 4.92 Å². The Hall–Kier alpha value is -3.91. The second-order valence-electron chi connectivity index (χ2n) is 7.54. The zero-order chi connectivity index (χ0) is 23.4. The van der Waals surface area contributed by atoms with Gasteiger partial charge in [0, 0.05) is 12.1 Å². The number of amides is 2.